The van der Waals surface area contributed by atoms with Gasteiger partial charge < -0.3 is 10.1 Å². The number of rotatable bonds is 10. The summed E-state index contributed by atoms with van der Waals surface area (Å²) >= 11 is 0.975. The standard InChI is InChI=1S/C27H26N6O4S2/c1-18-7-9-20(10-8-18)15-29-26(34)24(13-19-5-3-2-4-6-19)33-16-21(31-32-33)17-37-22-11-12-23-25(14-22)38-27(30-23)39(28,35)36/h2-12,14,16,24H,13,15,17H2,1H3,(H,29,34)(H2,28,35,36)/t24-/m0/s1. The number of aromatic nitrogens is 4. The number of primary sulfonamides is 1. The summed E-state index contributed by atoms with van der Waals surface area (Å²) in [6, 6.07) is 22.2. The van der Waals surface area contributed by atoms with Crippen LogP contribution >= 0.6 is 11.3 Å². The molecule has 5 aromatic rings. The van der Waals surface area contributed by atoms with E-state index >= 15 is 0 Å². The Labute approximate surface area is 229 Å². The molecule has 1 atom stereocenters. The van der Waals surface area contributed by atoms with Gasteiger partial charge >= 0.3 is 0 Å². The van der Waals surface area contributed by atoms with Crippen molar-refractivity contribution >= 4 is 37.5 Å². The third-order valence-electron chi connectivity index (χ3n) is 6.01. The molecule has 1 amide bonds. The molecular formula is C27H26N6O4S2. The number of thiazole rings is 1. The first-order valence-corrected chi connectivity index (χ1v) is 14.4. The van der Waals surface area contributed by atoms with Gasteiger partial charge in [0.25, 0.3) is 10.0 Å². The fraction of sp³-hybridized carbons (Fsp3) is 0.185. The number of ether oxygens (including phenoxy) is 1. The SMILES string of the molecule is Cc1ccc(CNC(=O)[C@H](Cc2ccccc2)n2cc(COc3ccc4nc(S(N)(=O)=O)sc4c3)nn2)cc1. The van der Waals surface area contributed by atoms with Crippen LogP contribution in [0.4, 0.5) is 0 Å². The highest BCUT2D eigenvalue weighted by Gasteiger charge is 2.23. The molecular weight excluding hydrogens is 536 g/mol. The Morgan fingerprint density at radius 1 is 1.08 bits per heavy atom. The molecule has 3 aromatic carbocycles. The highest BCUT2D eigenvalue weighted by molar-refractivity contribution is 7.91. The summed E-state index contributed by atoms with van der Waals surface area (Å²) in [6.45, 7) is 2.53. The summed E-state index contributed by atoms with van der Waals surface area (Å²) in [5.74, 6) is 0.344. The van der Waals surface area contributed by atoms with E-state index in [4.69, 9.17) is 9.88 Å². The lowest BCUT2D eigenvalue weighted by Crippen LogP contribution is -2.34. The maximum Gasteiger partial charge on any atom is 0.265 e. The van der Waals surface area contributed by atoms with Crippen LogP contribution in [0.2, 0.25) is 0 Å². The van der Waals surface area contributed by atoms with Gasteiger partial charge in [0.05, 0.1) is 16.4 Å². The molecule has 12 heteroatoms. The minimum Gasteiger partial charge on any atom is -0.487 e. The Kier molecular flexibility index (Phi) is 7.68. The van der Waals surface area contributed by atoms with Gasteiger partial charge in [0.15, 0.2) is 0 Å². The van der Waals surface area contributed by atoms with Gasteiger partial charge in [-0.25, -0.2) is 23.2 Å². The number of carbonyl (C=O) groups excluding carboxylic acids is 1. The van der Waals surface area contributed by atoms with Gasteiger partial charge in [-0.1, -0.05) is 65.4 Å². The Balaban J connectivity index is 1.29. The van der Waals surface area contributed by atoms with E-state index in [0.29, 0.717) is 34.6 Å². The predicted molar refractivity (Wildman–Crippen MR) is 148 cm³/mol. The van der Waals surface area contributed by atoms with Crippen LogP contribution in [0.3, 0.4) is 0 Å². The minimum absolute atomic E-state index is 0.107. The van der Waals surface area contributed by atoms with Crippen molar-refractivity contribution in [3.05, 3.63) is 101 Å². The molecule has 2 heterocycles. The van der Waals surface area contributed by atoms with Crippen LogP contribution in [0, 0.1) is 6.92 Å². The number of hydrogen-bond donors (Lipinski definition) is 2. The normalized spacial score (nSPS) is 12.4. The second-order valence-electron chi connectivity index (χ2n) is 9.04. The van der Waals surface area contributed by atoms with E-state index < -0.39 is 16.1 Å². The van der Waals surface area contributed by atoms with E-state index in [1.54, 1.807) is 29.1 Å². The van der Waals surface area contributed by atoms with Gasteiger partial charge in [-0.2, -0.15) is 0 Å². The summed E-state index contributed by atoms with van der Waals surface area (Å²) < 4.78 is 31.1. The molecule has 2 aromatic heterocycles. The van der Waals surface area contributed by atoms with Gasteiger partial charge in [0.2, 0.25) is 10.2 Å². The number of fused-ring (bicyclic) bond motifs is 1. The van der Waals surface area contributed by atoms with Gasteiger partial charge in [-0.15, -0.1) is 16.4 Å². The summed E-state index contributed by atoms with van der Waals surface area (Å²) in [5, 5.41) is 16.6. The molecule has 39 heavy (non-hydrogen) atoms. The van der Waals surface area contributed by atoms with E-state index in [-0.39, 0.29) is 16.9 Å². The van der Waals surface area contributed by atoms with Crippen molar-refractivity contribution in [2.24, 2.45) is 5.14 Å². The number of sulfonamides is 1. The van der Waals surface area contributed by atoms with E-state index in [1.165, 1.54) is 0 Å². The molecule has 200 valence electrons. The number of nitrogens with one attached hydrogen (secondary N) is 1. The third-order valence-corrected chi connectivity index (χ3v) is 8.35. The number of nitrogens with two attached hydrogens (primary N) is 1. The Hall–Kier alpha value is -4.13. The fourth-order valence-corrected chi connectivity index (χ4v) is 5.63. The summed E-state index contributed by atoms with van der Waals surface area (Å²) in [6.07, 6.45) is 2.14. The monoisotopic (exact) mass is 562 g/mol. The highest BCUT2D eigenvalue weighted by atomic mass is 32.2. The molecule has 0 aliphatic carbocycles. The van der Waals surface area contributed by atoms with E-state index in [9.17, 15) is 13.2 Å². The molecule has 10 nitrogen and oxygen atoms in total. The largest absolute Gasteiger partial charge is 0.487 e. The number of benzene rings is 3. The average molecular weight is 563 g/mol. The van der Waals surface area contributed by atoms with E-state index in [0.717, 1.165) is 28.0 Å². The maximum absolute atomic E-state index is 13.3. The zero-order valence-electron chi connectivity index (χ0n) is 21.0. The van der Waals surface area contributed by atoms with Crippen LogP contribution in [0.25, 0.3) is 10.2 Å². The molecule has 0 saturated carbocycles. The molecule has 0 aliphatic heterocycles. The van der Waals surface area contributed by atoms with Crippen molar-refractivity contribution in [3.63, 3.8) is 0 Å². The van der Waals surface area contributed by atoms with Crippen molar-refractivity contribution in [1.82, 2.24) is 25.3 Å². The summed E-state index contributed by atoms with van der Waals surface area (Å²) in [5.41, 5.74) is 4.22. The molecule has 0 aliphatic rings. The third kappa shape index (κ3) is 6.66. The average Bonchev–Trinajstić information content (AvgIpc) is 3.58. The van der Waals surface area contributed by atoms with Crippen LogP contribution in [0.15, 0.2) is 83.3 Å². The van der Waals surface area contributed by atoms with Gasteiger partial charge in [0.1, 0.15) is 24.1 Å². The van der Waals surface area contributed by atoms with Crippen LogP contribution in [0.1, 0.15) is 28.4 Å². The Morgan fingerprint density at radius 2 is 1.85 bits per heavy atom. The molecule has 0 radical (unpaired) electrons. The minimum atomic E-state index is -3.88. The van der Waals surface area contributed by atoms with Gasteiger partial charge in [-0.05, 0) is 36.2 Å². The molecule has 0 bridgehead atoms. The number of nitrogens with zero attached hydrogens (tertiary/aromatic N) is 4. The maximum atomic E-state index is 13.3. The second kappa shape index (κ2) is 11.3. The molecule has 0 unspecified atom stereocenters. The lowest BCUT2D eigenvalue weighted by Gasteiger charge is -2.17. The van der Waals surface area contributed by atoms with Crippen molar-refractivity contribution in [3.8, 4) is 5.75 Å². The van der Waals surface area contributed by atoms with Crippen LogP contribution in [-0.2, 0) is 34.4 Å². The summed E-state index contributed by atoms with van der Waals surface area (Å²) in [4.78, 5) is 17.3. The number of carbonyl (C=O) groups is 1. The molecule has 0 fully saturated rings. The Morgan fingerprint density at radius 3 is 2.59 bits per heavy atom. The lowest BCUT2D eigenvalue weighted by atomic mass is 10.1. The van der Waals surface area contributed by atoms with Gasteiger partial charge in [-0.3, -0.25) is 4.79 Å². The predicted octanol–water partition coefficient (Wildman–Crippen LogP) is 3.52. The quantitative estimate of drug-likeness (QED) is 0.265. The van der Waals surface area contributed by atoms with Crippen molar-refractivity contribution in [1.29, 1.82) is 0 Å². The number of hydrogen-bond acceptors (Lipinski definition) is 8. The zero-order valence-corrected chi connectivity index (χ0v) is 22.7. The molecule has 0 spiro atoms. The molecule has 0 saturated heterocycles. The lowest BCUT2D eigenvalue weighted by molar-refractivity contribution is -0.124. The van der Waals surface area contributed by atoms with E-state index in [2.05, 4.69) is 20.6 Å². The van der Waals surface area contributed by atoms with Crippen molar-refractivity contribution in [2.45, 2.75) is 36.9 Å². The second-order valence-corrected chi connectivity index (χ2v) is 11.8. The number of aryl methyl sites for hydroxylation is 1. The molecule has 3 N–H and O–H groups in total. The van der Waals surface area contributed by atoms with Crippen molar-refractivity contribution in [2.75, 3.05) is 0 Å². The number of amides is 1. The Bertz CT molecular complexity index is 1700. The van der Waals surface area contributed by atoms with Crippen LogP contribution in [0.5, 0.6) is 5.75 Å². The fourth-order valence-electron chi connectivity index (χ4n) is 3.94. The van der Waals surface area contributed by atoms with E-state index in [1.807, 2.05) is 61.5 Å². The molecule has 5 rings (SSSR count). The van der Waals surface area contributed by atoms with Crippen LogP contribution < -0.4 is 15.2 Å². The first-order chi connectivity index (χ1) is 18.7. The topological polar surface area (TPSA) is 142 Å². The zero-order chi connectivity index (χ0) is 27.4. The van der Waals surface area contributed by atoms with Crippen molar-refractivity contribution < 1.29 is 17.9 Å². The van der Waals surface area contributed by atoms with Crippen LogP contribution in [-0.4, -0.2) is 34.3 Å². The first kappa shape index (κ1) is 26.5. The van der Waals surface area contributed by atoms with Gasteiger partial charge in [0, 0.05) is 13.0 Å². The highest BCUT2D eigenvalue weighted by Crippen LogP contribution is 2.28. The summed E-state index contributed by atoms with van der Waals surface area (Å²) in [7, 11) is -3.88. The smallest absolute Gasteiger partial charge is 0.265 e. The first-order valence-electron chi connectivity index (χ1n) is 12.1.